The molecule has 0 aliphatic carbocycles. The van der Waals surface area contributed by atoms with E-state index in [1.165, 1.54) is 0 Å². The predicted octanol–water partition coefficient (Wildman–Crippen LogP) is 2.47. The molecule has 0 saturated carbocycles. The Morgan fingerprint density at radius 1 is 1.60 bits per heavy atom. The molecule has 0 heterocycles. The summed E-state index contributed by atoms with van der Waals surface area (Å²) in [7, 11) is 0. The first kappa shape index (κ1) is 9.34. The third kappa shape index (κ3) is 4.24. The van der Waals surface area contributed by atoms with E-state index in [1.807, 2.05) is 20.8 Å². The number of allylic oxidation sites excluding steroid dienone is 2. The van der Waals surface area contributed by atoms with E-state index < -0.39 is 6.04 Å². The van der Waals surface area contributed by atoms with E-state index in [0.29, 0.717) is 5.92 Å². The van der Waals surface area contributed by atoms with E-state index in [-0.39, 0.29) is 6.42 Å². The van der Waals surface area contributed by atoms with Gasteiger partial charge in [-0.2, -0.15) is 4.39 Å². The summed E-state index contributed by atoms with van der Waals surface area (Å²) in [4.78, 5) is 9.86. The van der Waals surface area contributed by atoms with Gasteiger partial charge in [0, 0.05) is 0 Å². The van der Waals surface area contributed by atoms with Crippen molar-refractivity contribution >= 4 is 6.04 Å². The van der Waals surface area contributed by atoms with Crippen molar-refractivity contribution in [2.24, 2.45) is 5.92 Å². The summed E-state index contributed by atoms with van der Waals surface area (Å²) in [6.07, 6.45) is 1.55. The quantitative estimate of drug-likeness (QED) is 0.439. The van der Waals surface area contributed by atoms with Crippen LogP contribution in [0.15, 0.2) is 11.6 Å². The molecule has 10 heavy (non-hydrogen) atoms. The minimum atomic E-state index is -1.26. The van der Waals surface area contributed by atoms with Crippen LogP contribution >= 0.6 is 0 Å². The van der Waals surface area contributed by atoms with Gasteiger partial charge in [-0.3, -0.25) is 4.79 Å². The average Bonchev–Trinajstić information content (AvgIpc) is 1.82. The van der Waals surface area contributed by atoms with Gasteiger partial charge in [-0.15, -0.1) is 0 Å². The van der Waals surface area contributed by atoms with Gasteiger partial charge in [-0.25, -0.2) is 0 Å². The fourth-order valence-corrected chi connectivity index (χ4v) is 0.477. The normalized spacial score (nSPS) is 12.3. The van der Waals surface area contributed by atoms with Crippen molar-refractivity contribution in [2.45, 2.75) is 27.2 Å². The molecular formula is C8H13FO. The van der Waals surface area contributed by atoms with Crippen LogP contribution in [0.5, 0.6) is 0 Å². The highest BCUT2D eigenvalue weighted by Gasteiger charge is 1.97. The minimum Gasteiger partial charge on any atom is -0.261 e. The molecular weight excluding hydrogens is 131 g/mol. The van der Waals surface area contributed by atoms with Crippen LogP contribution in [0.3, 0.4) is 0 Å². The van der Waals surface area contributed by atoms with Crippen LogP contribution in [-0.4, -0.2) is 6.04 Å². The maximum Gasteiger partial charge on any atom is 0.305 e. The van der Waals surface area contributed by atoms with Gasteiger partial charge in [0.05, 0.1) is 6.42 Å². The molecule has 0 unspecified atom stereocenters. The highest BCUT2D eigenvalue weighted by molar-refractivity contribution is 5.69. The Labute approximate surface area is 60.9 Å². The second-order valence-corrected chi connectivity index (χ2v) is 2.66. The summed E-state index contributed by atoms with van der Waals surface area (Å²) in [5.41, 5.74) is 1.06. The Morgan fingerprint density at radius 2 is 2.10 bits per heavy atom. The maximum absolute atomic E-state index is 11.6. The molecule has 1 nitrogen and oxygen atoms in total. The standard InChI is InChI=1S/C8H13FO/c1-6(2)7(3)4-5-8(9)10/h4,6H,5H2,1-3H3/b7-4+. The Hall–Kier alpha value is -0.660. The number of carbonyl (C=O) groups excluding carboxylic acids is 1. The summed E-state index contributed by atoms with van der Waals surface area (Å²) in [6.45, 7) is 5.91. The van der Waals surface area contributed by atoms with E-state index in [0.717, 1.165) is 5.57 Å². The molecule has 0 atom stereocenters. The highest BCUT2D eigenvalue weighted by Crippen LogP contribution is 2.08. The monoisotopic (exact) mass is 144 g/mol. The maximum atomic E-state index is 11.6. The molecule has 0 aromatic heterocycles. The van der Waals surface area contributed by atoms with Crippen LogP contribution in [0.4, 0.5) is 4.39 Å². The van der Waals surface area contributed by atoms with E-state index in [2.05, 4.69) is 0 Å². The van der Waals surface area contributed by atoms with Crippen molar-refractivity contribution in [1.29, 1.82) is 0 Å². The third-order valence-corrected chi connectivity index (χ3v) is 1.50. The Bertz CT molecular complexity index is 147. The van der Waals surface area contributed by atoms with Crippen molar-refractivity contribution in [2.75, 3.05) is 0 Å². The van der Waals surface area contributed by atoms with Gasteiger partial charge in [-0.05, 0) is 12.8 Å². The highest BCUT2D eigenvalue weighted by atomic mass is 19.1. The zero-order valence-electron chi connectivity index (χ0n) is 6.65. The lowest BCUT2D eigenvalue weighted by molar-refractivity contribution is -0.128. The second-order valence-electron chi connectivity index (χ2n) is 2.66. The van der Waals surface area contributed by atoms with E-state index in [9.17, 15) is 9.18 Å². The van der Waals surface area contributed by atoms with Crippen LogP contribution in [0, 0.1) is 5.92 Å². The molecule has 0 aromatic rings. The van der Waals surface area contributed by atoms with Crippen molar-refractivity contribution in [3.05, 3.63) is 11.6 Å². The van der Waals surface area contributed by atoms with Gasteiger partial charge in [0.1, 0.15) is 0 Å². The summed E-state index contributed by atoms with van der Waals surface area (Å²) in [5, 5.41) is 0. The minimum absolute atomic E-state index is 0.0794. The number of halogens is 1. The molecule has 0 amide bonds. The molecule has 0 aromatic carbocycles. The van der Waals surface area contributed by atoms with Gasteiger partial charge < -0.3 is 0 Å². The van der Waals surface area contributed by atoms with Crippen molar-refractivity contribution < 1.29 is 9.18 Å². The molecule has 0 saturated heterocycles. The van der Waals surface area contributed by atoms with Gasteiger partial charge in [0.2, 0.25) is 0 Å². The molecule has 0 aliphatic rings. The van der Waals surface area contributed by atoms with Crippen LogP contribution < -0.4 is 0 Å². The lowest BCUT2D eigenvalue weighted by Gasteiger charge is -2.02. The molecule has 0 aliphatic heterocycles. The largest absolute Gasteiger partial charge is 0.305 e. The van der Waals surface area contributed by atoms with E-state index in [1.54, 1.807) is 6.08 Å². The van der Waals surface area contributed by atoms with Crippen molar-refractivity contribution in [3.63, 3.8) is 0 Å². The summed E-state index contributed by atoms with van der Waals surface area (Å²) >= 11 is 0. The van der Waals surface area contributed by atoms with Crippen molar-refractivity contribution in [3.8, 4) is 0 Å². The zero-order valence-corrected chi connectivity index (χ0v) is 6.65. The van der Waals surface area contributed by atoms with Crippen LogP contribution in [0.25, 0.3) is 0 Å². The second kappa shape index (κ2) is 4.20. The van der Waals surface area contributed by atoms with E-state index >= 15 is 0 Å². The fraction of sp³-hybridized carbons (Fsp3) is 0.625. The predicted molar refractivity (Wildman–Crippen MR) is 39.3 cm³/mol. The third-order valence-electron chi connectivity index (χ3n) is 1.50. The molecule has 2 heteroatoms. The summed E-state index contributed by atoms with van der Waals surface area (Å²) in [6, 6.07) is -1.26. The number of hydrogen-bond acceptors (Lipinski definition) is 1. The molecule has 58 valence electrons. The SMILES string of the molecule is C/C(=C\CC(=O)F)C(C)C. The zero-order chi connectivity index (χ0) is 8.15. The van der Waals surface area contributed by atoms with Gasteiger partial charge in [0.25, 0.3) is 0 Å². The average molecular weight is 144 g/mol. The lowest BCUT2D eigenvalue weighted by atomic mass is 10.0. The molecule has 0 N–H and O–H groups in total. The smallest absolute Gasteiger partial charge is 0.261 e. The Morgan fingerprint density at radius 3 is 2.40 bits per heavy atom. The first-order valence-corrected chi connectivity index (χ1v) is 3.39. The molecule has 0 radical (unpaired) electrons. The number of rotatable bonds is 3. The Balaban J connectivity index is 3.80. The Kier molecular flexibility index (Phi) is 3.93. The number of carbonyl (C=O) groups is 1. The molecule has 0 rings (SSSR count). The van der Waals surface area contributed by atoms with Gasteiger partial charge in [-0.1, -0.05) is 25.5 Å². The first-order chi connectivity index (χ1) is 4.54. The van der Waals surface area contributed by atoms with Crippen LogP contribution in [-0.2, 0) is 4.79 Å². The summed E-state index contributed by atoms with van der Waals surface area (Å²) < 4.78 is 11.6. The first-order valence-electron chi connectivity index (χ1n) is 3.39. The van der Waals surface area contributed by atoms with Crippen LogP contribution in [0.1, 0.15) is 27.2 Å². The van der Waals surface area contributed by atoms with Crippen molar-refractivity contribution in [1.82, 2.24) is 0 Å². The molecule has 0 bridgehead atoms. The van der Waals surface area contributed by atoms with Gasteiger partial charge in [0.15, 0.2) is 0 Å². The van der Waals surface area contributed by atoms with Crippen LogP contribution in [0.2, 0.25) is 0 Å². The number of hydrogen-bond donors (Lipinski definition) is 0. The molecule has 0 fully saturated rings. The van der Waals surface area contributed by atoms with Gasteiger partial charge >= 0.3 is 6.04 Å². The summed E-state index contributed by atoms with van der Waals surface area (Å²) in [5.74, 6) is 0.402. The van der Waals surface area contributed by atoms with E-state index in [4.69, 9.17) is 0 Å². The topological polar surface area (TPSA) is 17.1 Å². The molecule has 0 spiro atoms. The fourth-order valence-electron chi connectivity index (χ4n) is 0.477. The lowest BCUT2D eigenvalue weighted by Crippen LogP contribution is -1.90.